The molecule has 1 aliphatic rings. The molecule has 2 aromatic rings. The predicted octanol–water partition coefficient (Wildman–Crippen LogP) is 1.69. The lowest BCUT2D eigenvalue weighted by Gasteiger charge is -2.11. The number of aliphatic hydroxyl groups is 1. The van der Waals surface area contributed by atoms with Crippen molar-refractivity contribution >= 4 is 21.4 Å². The molecule has 1 unspecified atom stereocenters. The molecule has 1 aromatic heterocycles. The number of benzene rings is 1. The summed E-state index contributed by atoms with van der Waals surface area (Å²) in [5.74, 6) is 0.743. The Balaban J connectivity index is 1.72. The van der Waals surface area contributed by atoms with Crippen LogP contribution >= 0.6 is 11.3 Å². The molecule has 5 nitrogen and oxygen atoms in total. The molecule has 2 heterocycles. The van der Waals surface area contributed by atoms with Crippen LogP contribution in [0.1, 0.15) is 17.2 Å². The SMILES string of the molecule is O=S(=O)(NCC(O)c1ccsc1)c1ccc2c(c1)CCO2. The quantitative estimate of drug-likeness (QED) is 0.877. The average Bonchev–Trinajstić information content (AvgIpc) is 3.14. The molecule has 3 rings (SSSR count). The first-order valence-corrected chi connectivity index (χ1v) is 8.94. The van der Waals surface area contributed by atoms with Gasteiger partial charge in [-0.3, -0.25) is 0 Å². The van der Waals surface area contributed by atoms with Crippen LogP contribution in [-0.2, 0) is 16.4 Å². The van der Waals surface area contributed by atoms with Gasteiger partial charge in [-0.25, -0.2) is 13.1 Å². The fourth-order valence-corrected chi connectivity index (χ4v) is 3.98. The molecule has 1 atom stereocenters. The van der Waals surface area contributed by atoms with Gasteiger partial charge < -0.3 is 9.84 Å². The van der Waals surface area contributed by atoms with Crippen molar-refractivity contribution in [3.8, 4) is 5.75 Å². The normalized spacial score (nSPS) is 15.5. The number of aliphatic hydroxyl groups excluding tert-OH is 1. The molecule has 0 saturated heterocycles. The van der Waals surface area contributed by atoms with Crippen molar-refractivity contribution in [1.82, 2.24) is 4.72 Å². The highest BCUT2D eigenvalue weighted by molar-refractivity contribution is 7.89. The van der Waals surface area contributed by atoms with Gasteiger partial charge in [-0.1, -0.05) is 0 Å². The fraction of sp³-hybridized carbons (Fsp3) is 0.286. The highest BCUT2D eigenvalue weighted by Crippen LogP contribution is 2.27. The highest BCUT2D eigenvalue weighted by Gasteiger charge is 2.20. The molecule has 0 fully saturated rings. The van der Waals surface area contributed by atoms with Gasteiger partial charge in [0, 0.05) is 13.0 Å². The third-order valence-corrected chi connectivity index (χ3v) is 5.49. The molecular weight excluding hydrogens is 310 g/mol. The van der Waals surface area contributed by atoms with E-state index in [2.05, 4.69) is 4.72 Å². The number of nitrogens with one attached hydrogen (secondary N) is 1. The van der Waals surface area contributed by atoms with Gasteiger partial charge in [0.15, 0.2) is 0 Å². The molecule has 21 heavy (non-hydrogen) atoms. The van der Waals surface area contributed by atoms with Crippen molar-refractivity contribution in [2.75, 3.05) is 13.2 Å². The standard InChI is InChI=1S/C14H15NO4S2/c16-13(11-4-6-20-9-11)8-15-21(17,18)12-1-2-14-10(7-12)3-5-19-14/h1-2,4,6-7,9,13,15-16H,3,5,8H2. The van der Waals surface area contributed by atoms with E-state index in [0.717, 1.165) is 17.7 Å². The molecule has 1 aromatic carbocycles. The van der Waals surface area contributed by atoms with E-state index >= 15 is 0 Å². The van der Waals surface area contributed by atoms with Gasteiger partial charge in [0.2, 0.25) is 10.0 Å². The largest absolute Gasteiger partial charge is 0.493 e. The van der Waals surface area contributed by atoms with E-state index in [9.17, 15) is 13.5 Å². The van der Waals surface area contributed by atoms with Crippen molar-refractivity contribution in [3.63, 3.8) is 0 Å². The second kappa shape index (κ2) is 5.76. The van der Waals surface area contributed by atoms with E-state index in [0.29, 0.717) is 12.2 Å². The number of hydrogen-bond donors (Lipinski definition) is 2. The second-order valence-electron chi connectivity index (χ2n) is 4.79. The molecule has 0 aliphatic carbocycles. The van der Waals surface area contributed by atoms with Crippen molar-refractivity contribution in [3.05, 3.63) is 46.2 Å². The maximum Gasteiger partial charge on any atom is 0.240 e. The van der Waals surface area contributed by atoms with Crippen molar-refractivity contribution in [2.45, 2.75) is 17.4 Å². The van der Waals surface area contributed by atoms with Crippen LogP contribution in [0, 0.1) is 0 Å². The van der Waals surface area contributed by atoms with E-state index in [4.69, 9.17) is 4.74 Å². The minimum Gasteiger partial charge on any atom is -0.493 e. The van der Waals surface area contributed by atoms with Gasteiger partial charge >= 0.3 is 0 Å². The Morgan fingerprint density at radius 1 is 1.38 bits per heavy atom. The monoisotopic (exact) mass is 325 g/mol. The lowest BCUT2D eigenvalue weighted by Crippen LogP contribution is -2.28. The second-order valence-corrected chi connectivity index (χ2v) is 7.34. The molecule has 1 aliphatic heterocycles. The van der Waals surface area contributed by atoms with Gasteiger partial charge in [-0.2, -0.15) is 11.3 Å². The fourth-order valence-electron chi connectivity index (χ4n) is 2.18. The van der Waals surface area contributed by atoms with E-state index in [-0.39, 0.29) is 11.4 Å². The zero-order valence-corrected chi connectivity index (χ0v) is 12.8. The molecule has 0 radical (unpaired) electrons. The lowest BCUT2D eigenvalue weighted by atomic mass is 10.2. The Labute approximate surface area is 127 Å². The van der Waals surface area contributed by atoms with E-state index in [1.54, 1.807) is 23.6 Å². The van der Waals surface area contributed by atoms with Crippen molar-refractivity contribution in [2.24, 2.45) is 0 Å². The number of sulfonamides is 1. The minimum atomic E-state index is -3.63. The first-order valence-electron chi connectivity index (χ1n) is 6.52. The van der Waals surface area contributed by atoms with Crippen LogP contribution < -0.4 is 9.46 Å². The van der Waals surface area contributed by atoms with Crippen LogP contribution in [0.5, 0.6) is 5.75 Å². The predicted molar refractivity (Wildman–Crippen MR) is 80.1 cm³/mol. The van der Waals surface area contributed by atoms with Crippen LogP contribution in [0.4, 0.5) is 0 Å². The van der Waals surface area contributed by atoms with Crippen LogP contribution in [0.3, 0.4) is 0 Å². The third-order valence-electron chi connectivity index (χ3n) is 3.37. The van der Waals surface area contributed by atoms with Crippen molar-refractivity contribution < 1.29 is 18.3 Å². The molecule has 0 amide bonds. The molecule has 0 spiro atoms. The van der Waals surface area contributed by atoms with Crippen LogP contribution in [0.15, 0.2) is 39.9 Å². The maximum atomic E-state index is 12.2. The summed E-state index contributed by atoms with van der Waals surface area (Å²) in [7, 11) is -3.63. The van der Waals surface area contributed by atoms with E-state index in [1.807, 2.05) is 5.38 Å². The van der Waals surface area contributed by atoms with Crippen LogP contribution in [0.2, 0.25) is 0 Å². The summed E-state index contributed by atoms with van der Waals surface area (Å²) in [5, 5.41) is 13.6. The van der Waals surface area contributed by atoms with E-state index < -0.39 is 16.1 Å². The third kappa shape index (κ3) is 3.11. The summed E-state index contributed by atoms with van der Waals surface area (Å²) in [6.07, 6.45) is -0.125. The Kier molecular flexibility index (Phi) is 3.99. The average molecular weight is 325 g/mol. The number of rotatable bonds is 5. The van der Waals surface area contributed by atoms with Gasteiger partial charge in [0.1, 0.15) is 5.75 Å². The lowest BCUT2D eigenvalue weighted by molar-refractivity contribution is 0.182. The molecule has 0 saturated carbocycles. The summed E-state index contributed by atoms with van der Waals surface area (Å²) in [6.45, 7) is 0.537. The Morgan fingerprint density at radius 2 is 2.24 bits per heavy atom. The number of thiophene rings is 1. The minimum absolute atomic E-state index is 0.0490. The Hall–Kier alpha value is -1.41. The number of fused-ring (bicyclic) bond motifs is 1. The topological polar surface area (TPSA) is 75.6 Å². The molecule has 7 heteroatoms. The first-order chi connectivity index (χ1) is 10.1. The van der Waals surface area contributed by atoms with Crippen molar-refractivity contribution in [1.29, 1.82) is 0 Å². The molecule has 2 N–H and O–H groups in total. The van der Waals surface area contributed by atoms with Crippen LogP contribution in [-0.4, -0.2) is 26.7 Å². The Morgan fingerprint density at radius 3 is 3.00 bits per heavy atom. The molecule has 0 bridgehead atoms. The zero-order valence-electron chi connectivity index (χ0n) is 11.2. The van der Waals surface area contributed by atoms with Crippen LogP contribution in [0.25, 0.3) is 0 Å². The summed E-state index contributed by atoms with van der Waals surface area (Å²) in [6, 6.07) is 6.59. The smallest absolute Gasteiger partial charge is 0.240 e. The maximum absolute atomic E-state index is 12.2. The summed E-state index contributed by atoms with van der Waals surface area (Å²) < 4.78 is 32.3. The number of hydrogen-bond acceptors (Lipinski definition) is 5. The van der Waals surface area contributed by atoms with Gasteiger partial charge in [0.05, 0.1) is 17.6 Å². The summed E-state index contributed by atoms with van der Waals surface area (Å²) in [4.78, 5) is 0.198. The highest BCUT2D eigenvalue weighted by atomic mass is 32.2. The summed E-state index contributed by atoms with van der Waals surface area (Å²) >= 11 is 1.46. The Bertz CT molecular complexity index is 725. The first kappa shape index (κ1) is 14.5. The molecule has 112 valence electrons. The summed E-state index contributed by atoms with van der Waals surface area (Å²) in [5.41, 5.74) is 1.61. The molecular formula is C14H15NO4S2. The zero-order chi connectivity index (χ0) is 14.9. The van der Waals surface area contributed by atoms with E-state index in [1.165, 1.54) is 17.4 Å². The van der Waals surface area contributed by atoms with Gasteiger partial charge in [-0.05, 0) is 46.2 Å². The number of ether oxygens (including phenoxy) is 1. The van der Waals surface area contributed by atoms with Gasteiger partial charge in [-0.15, -0.1) is 0 Å². The van der Waals surface area contributed by atoms with Gasteiger partial charge in [0.25, 0.3) is 0 Å².